The minimum atomic E-state index is -0.219. The normalized spacial score (nSPS) is 12.2. The molecule has 0 spiro atoms. The lowest BCUT2D eigenvalue weighted by atomic mass is 10.2. The first-order valence-corrected chi connectivity index (χ1v) is 7.93. The summed E-state index contributed by atoms with van der Waals surface area (Å²) >= 11 is 1.45. The molecule has 3 aromatic rings. The number of hydrogen-bond acceptors (Lipinski definition) is 4. The molecule has 112 valence electrons. The Balaban J connectivity index is 1.61. The molecule has 0 fully saturated rings. The molecule has 2 aromatic heterocycles. The van der Waals surface area contributed by atoms with Crippen LogP contribution in [0.2, 0.25) is 0 Å². The Labute approximate surface area is 132 Å². The lowest BCUT2D eigenvalue weighted by Gasteiger charge is -2.11. The molecule has 0 saturated carbocycles. The molecule has 0 aliphatic carbocycles. The summed E-state index contributed by atoms with van der Waals surface area (Å²) in [4.78, 5) is 16.7. The van der Waals surface area contributed by atoms with E-state index in [0.717, 1.165) is 21.7 Å². The van der Waals surface area contributed by atoms with Crippen LogP contribution in [0.3, 0.4) is 0 Å². The van der Waals surface area contributed by atoms with Crippen molar-refractivity contribution in [1.82, 2.24) is 10.3 Å². The smallest absolute Gasteiger partial charge is 0.233 e. The highest BCUT2D eigenvalue weighted by molar-refractivity contribution is 8.00. The monoisotopic (exact) mass is 312 g/mol. The highest BCUT2D eigenvalue weighted by Crippen LogP contribution is 2.24. The zero-order valence-electron chi connectivity index (χ0n) is 12.2. The predicted molar refractivity (Wildman–Crippen MR) is 87.6 cm³/mol. The van der Waals surface area contributed by atoms with Crippen molar-refractivity contribution >= 4 is 28.6 Å². The highest BCUT2D eigenvalue weighted by Gasteiger charge is 2.15. The van der Waals surface area contributed by atoms with Crippen LogP contribution in [-0.4, -0.2) is 16.1 Å². The van der Waals surface area contributed by atoms with Gasteiger partial charge in [0.15, 0.2) is 0 Å². The minimum absolute atomic E-state index is 0.0311. The van der Waals surface area contributed by atoms with Crippen LogP contribution in [0.1, 0.15) is 12.7 Å². The Kier molecular flexibility index (Phi) is 4.44. The molecular weight excluding hydrogens is 296 g/mol. The topological polar surface area (TPSA) is 55.1 Å². The molecule has 0 aliphatic rings. The third kappa shape index (κ3) is 3.49. The van der Waals surface area contributed by atoms with E-state index < -0.39 is 0 Å². The molecule has 4 nitrogen and oxygen atoms in total. The van der Waals surface area contributed by atoms with E-state index in [1.54, 1.807) is 12.3 Å². The Morgan fingerprint density at radius 2 is 2.09 bits per heavy atom. The van der Waals surface area contributed by atoms with E-state index >= 15 is 0 Å². The summed E-state index contributed by atoms with van der Waals surface area (Å²) in [6.07, 6.45) is 1.60. The second-order valence-electron chi connectivity index (χ2n) is 4.90. The number of thioether (sulfide) groups is 1. The van der Waals surface area contributed by atoms with E-state index in [2.05, 4.69) is 10.3 Å². The van der Waals surface area contributed by atoms with Gasteiger partial charge in [-0.25, -0.2) is 4.98 Å². The van der Waals surface area contributed by atoms with Crippen LogP contribution in [0.5, 0.6) is 0 Å². The number of benzene rings is 1. The summed E-state index contributed by atoms with van der Waals surface area (Å²) in [6.45, 7) is 2.28. The standard InChI is InChI=1S/C17H16N2O2S/c1-12(17(20)18-11-14-6-4-10-21-14)22-16-9-8-13-5-2-3-7-15(13)19-16/h2-10,12H,11H2,1H3,(H,18,20)/t12-/m1/s1. The Hall–Kier alpha value is -2.27. The average molecular weight is 312 g/mol. The Morgan fingerprint density at radius 1 is 1.23 bits per heavy atom. The van der Waals surface area contributed by atoms with Gasteiger partial charge in [0.2, 0.25) is 5.91 Å². The maximum Gasteiger partial charge on any atom is 0.233 e. The number of nitrogens with zero attached hydrogens (tertiary/aromatic N) is 1. The molecule has 1 N–H and O–H groups in total. The lowest BCUT2D eigenvalue weighted by Crippen LogP contribution is -2.30. The molecule has 22 heavy (non-hydrogen) atoms. The fourth-order valence-electron chi connectivity index (χ4n) is 2.08. The molecule has 1 aromatic carbocycles. The van der Waals surface area contributed by atoms with Crippen molar-refractivity contribution in [1.29, 1.82) is 0 Å². The summed E-state index contributed by atoms with van der Waals surface area (Å²) in [5.41, 5.74) is 0.940. The Morgan fingerprint density at radius 3 is 2.91 bits per heavy atom. The maximum atomic E-state index is 12.1. The number of carbonyl (C=O) groups excluding carboxylic acids is 1. The molecular formula is C17H16N2O2S. The first kappa shape index (κ1) is 14.7. The zero-order valence-corrected chi connectivity index (χ0v) is 13.0. The average Bonchev–Trinajstić information content (AvgIpc) is 3.06. The number of amides is 1. The molecule has 0 bridgehead atoms. The quantitative estimate of drug-likeness (QED) is 0.731. The third-order valence-corrected chi connectivity index (χ3v) is 4.29. The number of pyridine rings is 1. The number of aromatic nitrogens is 1. The van der Waals surface area contributed by atoms with Crippen LogP contribution in [0.15, 0.2) is 64.2 Å². The zero-order chi connectivity index (χ0) is 15.4. The third-order valence-electron chi connectivity index (χ3n) is 3.26. The second kappa shape index (κ2) is 6.66. The van der Waals surface area contributed by atoms with Crippen LogP contribution >= 0.6 is 11.8 Å². The molecule has 0 radical (unpaired) electrons. The first-order chi connectivity index (χ1) is 10.7. The van der Waals surface area contributed by atoms with Gasteiger partial charge in [-0.2, -0.15) is 0 Å². The summed E-state index contributed by atoms with van der Waals surface area (Å²) in [6, 6.07) is 15.6. The van der Waals surface area contributed by atoms with E-state index in [1.807, 2.05) is 49.4 Å². The van der Waals surface area contributed by atoms with E-state index in [1.165, 1.54) is 11.8 Å². The van der Waals surface area contributed by atoms with E-state index in [0.29, 0.717) is 6.54 Å². The number of carbonyl (C=O) groups is 1. The van der Waals surface area contributed by atoms with Crippen molar-refractivity contribution in [3.63, 3.8) is 0 Å². The van der Waals surface area contributed by atoms with Crippen molar-refractivity contribution in [2.45, 2.75) is 23.7 Å². The summed E-state index contributed by atoms with van der Waals surface area (Å²) in [5.74, 6) is 0.714. The summed E-state index contributed by atoms with van der Waals surface area (Å²) in [7, 11) is 0. The second-order valence-corrected chi connectivity index (χ2v) is 6.26. The van der Waals surface area contributed by atoms with Crippen LogP contribution < -0.4 is 5.32 Å². The molecule has 1 atom stereocenters. The van der Waals surface area contributed by atoms with Crippen molar-refractivity contribution in [2.24, 2.45) is 0 Å². The van der Waals surface area contributed by atoms with Gasteiger partial charge in [-0.1, -0.05) is 36.0 Å². The van der Waals surface area contributed by atoms with Gasteiger partial charge in [-0.05, 0) is 31.2 Å². The van der Waals surface area contributed by atoms with Crippen molar-refractivity contribution in [2.75, 3.05) is 0 Å². The van der Waals surface area contributed by atoms with Gasteiger partial charge in [-0.3, -0.25) is 4.79 Å². The van der Waals surface area contributed by atoms with Crippen LogP contribution in [-0.2, 0) is 11.3 Å². The number of rotatable bonds is 5. The maximum absolute atomic E-state index is 12.1. The summed E-state index contributed by atoms with van der Waals surface area (Å²) in [5, 5.41) is 4.59. The molecule has 5 heteroatoms. The fraction of sp³-hybridized carbons (Fsp3) is 0.176. The van der Waals surface area contributed by atoms with Crippen molar-refractivity contribution < 1.29 is 9.21 Å². The number of nitrogens with one attached hydrogen (secondary N) is 1. The van der Waals surface area contributed by atoms with Gasteiger partial charge >= 0.3 is 0 Å². The molecule has 0 aliphatic heterocycles. The van der Waals surface area contributed by atoms with Crippen LogP contribution in [0.25, 0.3) is 10.9 Å². The van der Waals surface area contributed by atoms with Gasteiger partial charge < -0.3 is 9.73 Å². The number of para-hydroxylation sites is 1. The SMILES string of the molecule is C[C@@H](Sc1ccc2ccccc2n1)C(=O)NCc1ccco1. The van der Waals surface area contributed by atoms with Crippen molar-refractivity contribution in [3.05, 3.63) is 60.6 Å². The number of fused-ring (bicyclic) bond motifs is 1. The fourth-order valence-corrected chi connectivity index (χ4v) is 2.93. The number of hydrogen-bond donors (Lipinski definition) is 1. The molecule has 0 unspecified atom stereocenters. The first-order valence-electron chi connectivity index (χ1n) is 7.05. The highest BCUT2D eigenvalue weighted by atomic mass is 32.2. The predicted octanol–water partition coefficient (Wildman–Crippen LogP) is 3.62. The molecule has 3 rings (SSSR count). The Bertz CT molecular complexity index is 771. The lowest BCUT2D eigenvalue weighted by molar-refractivity contribution is -0.120. The van der Waals surface area contributed by atoms with E-state index in [9.17, 15) is 4.79 Å². The van der Waals surface area contributed by atoms with Gasteiger partial charge in [0.05, 0.1) is 28.6 Å². The molecule has 0 saturated heterocycles. The minimum Gasteiger partial charge on any atom is -0.467 e. The van der Waals surface area contributed by atoms with E-state index in [-0.39, 0.29) is 11.2 Å². The number of furan rings is 1. The molecule has 2 heterocycles. The van der Waals surface area contributed by atoms with Gasteiger partial charge in [-0.15, -0.1) is 0 Å². The summed E-state index contributed by atoms with van der Waals surface area (Å²) < 4.78 is 5.20. The van der Waals surface area contributed by atoms with E-state index in [4.69, 9.17) is 4.42 Å². The van der Waals surface area contributed by atoms with Crippen LogP contribution in [0.4, 0.5) is 0 Å². The molecule has 1 amide bonds. The van der Waals surface area contributed by atoms with Gasteiger partial charge in [0, 0.05) is 5.39 Å². The van der Waals surface area contributed by atoms with Crippen LogP contribution in [0, 0.1) is 0 Å². The van der Waals surface area contributed by atoms with Crippen molar-refractivity contribution in [3.8, 4) is 0 Å². The van der Waals surface area contributed by atoms with Gasteiger partial charge in [0.25, 0.3) is 0 Å². The van der Waals surface area contributed by atoms with Gasteiger partial charge in [0.1, 0.15) is 5.76 Å². The largest absolute Gasteiger partial charge is 0.467 e.